The van der Waals surface area contributed by atoms with Gasteiger partial charge in [0.2, 0.25) is 0 Å². The number of benzene rings is 6. The Morgan fingerprint density at radius 2 is 0.946 bits per heavy atom. The first-order chi connectivity index (χ1) is 27.8. The molecule has 0 saturated carbocycles. The maximum absolute atomic E-state index is 7.24. The van der Waals surface area contributed by atoms with Gasteiger partial charge in [-0.2, -0.15) is 0 Å². The highest BCUT2D eigenvalue weighted by Crippen LogP contribution is 2.40. The second kappa shape index (κ2) is 19.3. The summed E-state index contributed by atoms with van der Waals surface area (Å²) in [5.74, 6) is 0. The molecular weight excluding hydrogens is 713 g/mol. The van der Waals surface area contributed by atoms with E-state index in [-0.39, 0.29) is 0 Å². The van der Waals surface area contributed by atoms with Gasteiger partial charge in [0.1, 0.15) is 30.5 Å². The predicted octanol–water partition coefficient (Wildman–Crippen LogP) is 11.1. The van der Waals surface area contributed by atoms with E-state index in [0.29, 0.717) is 33.0 Å². The van der Waals surface area contributed by atoms with Gasteiger partial charge in [0.05, 0.1) is 33.0 Å². The van der Waals surface area contributed by atoms with Gasteiger partial charge in [0.15, 0.2) is 0 Å². The van der Waals surface area contributed by atoms with Crippen molar-refractivity contribution in [2.45, 2.75) is 69.8 Å². The fourth-order valence-corrected chi connectivity index (χ4v) is 8.43. The zero-order valence-corrected chi connectivity index (χ0v) is 32.3. The Balaban J connectivity index is 1.16. The van der Waals surface area contributed by atoms with Gasteiger partial charge in [0.25, 0.3) is 0 Å². The third kappa shape index (κ3) is 9.90. The predicted molar refractivity (Wildman–Crippen MR) is 224 cm³/mol. The van der Waals surface area contributed by atoms with Gasteiger partial charge in [0, 0.05) is 4.70 Å². The molecule has 8 rings (SSSR count). The minimum absolute atomic E-state index is 0.324. The molecule has 2 heterocycles. The second-order valence-electron chi connectivity index (χ2n) is 14.4. The molecule has 0 aliphatic carbocycles. The van der Waals surface area contributed by atoms with Crippen LogP contribution < -0.4 is 0 Å². The van der Waals surface area contributed by atoms with Crippen LogP contribution in [0.1, 0.15) is 45.0 Å². The summed E-state index contributed by atoms with van der Waals surface area (Å²) in [6.07, 6.45) is -0.417. The normalized spacial score (nSPS) is 19.6. The number of hydrogen-bond donors (Lipinski definition) is 0. The van der Waals surface area contributed by atoms with Gasteiger partial charge in [-0.25, -0.2) is 0 Å². The van der Waals surface area contributed by atoms with Crippen LogP contribution in [0, 0.1) is 0 Å². The Morgan fingerprint density at radius 1 is 0.464 bits per heavy atom. The standard InChI is InChI=1S/C50H48O5S/c1-6-16-37(17-7-1)26-27-43-36-56-46-29-28-42(30-44(43)46)47-49(53-33-40-22-12-4-13-23-40)50(54-34-41-24-14-5-15-25-41)48(52-32-39-20-10-3-11-21-39)45(55-47)35-51-31-38-18-8-2-9-19-38/h1-25,28-30,36,45,47-50H,26-27,31-35H2/t45-,47+,48-,49+,50+/m1/s1. The number of hydrogen-bond acceptors (Lipinski definition) is 6. The summed E-state index contributed by atoms with van der Waals surface area (Å²) in [6, 6.07) is 58.6. The van der Waals surface area contributed by atoms with Crippen molar-refractivity contribution < 1.29 is 23.7 Å². The van der Waals surface area contributed by atoms with Crippen molar-refractivity contribution >= 4 is 21.4 Å². The summed E-state index contributed by atoms with van der Waals surface area (Å²) in [6.45, 7) is 1.99. The summed E-state index contributed by atoms with van der Waals surface area (Å²) in [5.41, 5.74) is 8.08. The number of fused-ring (bicyclic) bond motifs is 1. The maximum atomic E-state index is 7.24. The van der Waals surface area contributed by atoms with Crippen molar-refractivity contribution in [1.29, 1.82) is 0 Å². The van der Waals surface area contributed by atoms with Crippen LogP contribution in [0.3, 0.4) is 0 Å². The van der Waals surface area contributed by atoms with Crippen molar-refractivity contribution in [3.05, 3.63) is 214 Å². The van der Waals surface area contributed by atoms with Crippen LogP contribution in [0.4, 0.5) is 0 Å². The third-order valence-electron chi connectivity index (χ3n) is 10.4. The molecule has 284 valence electrons. The lowest BCUT2D eigenvalue weighted by atomic mass is 9.89. The second-order valence-corrected chi connectivity index (χ2v) is 15.3. The molecule has 6 heteroatoms. The fourth-order valence-electron chi connectivity index (χ4n) is 7.45. The highest BCUT2D eigenvalue weighted by molar-refractivity contribution is 7.17. The summed E-state index contributed by atoms with van der Waals surface area (Å²) >= 11 is 1.80. The summed E-state index contributed by atoms with van der Waals surface area (Å²) in [4.78, 5) is 0. The van der Waals surface area contributed by atoms with E-state index in [0.717, 1.165) is 40.7 Å². The molecule has 0 radical (unpaired) electrons. The van der Waals surface area contributed by atoms with Crippen LogP contribution in [0.2, 0.25) is 0 Å². The number of thiophene rings is 1. The Labute approximate surface area is 334 Å². The molecule has 56 heavy (non-hydrogen) atoms. The van der Waals surface area contributed by atoms with E-state index in [1.807, 2.05) is 72.8 Å². The van der Waals surface area contributed by atoms with Crippen molar-refractivity contribution in [3.63, 3.8) is 0 Å². The minimum Gasteiger partial charge on any atom is -0.374 e. The molecule has 7 aromatic rings. The molecule has 6 aromatic carbocycles. The Kier molecular flexibility index (Phi) is 13.1. The van der Waals surface area contributed by atoms with E-state index in [9.17, 15) is 0 Å². The van der Waals surface area contributed by atoms with E-state index in [1.54, 1.807) is 11.3 Å². The van der Waals surface area contributed by atoms with Crippen molar-refractivity contribution in [2.24, 2.45) is 0 Å². The van der Waals surface area contributed by atoms with E-state index in [1.165, 1.54) is 21.2 Å². The van der Waals surface area contributed by atoms with E-state index in [4.69, 9.17) is 23.7 Å². The van der Waals surface area contributed by atoms with E-state index in [2.05, 4.69) is 102 Å². The molecule has 5 nitrogen and oxygen atoms in total. The zero-order chi connectivity index (χ0) is 37.8. The summed E-state index contributed by atoms with van der Waals surface area (Å²) in [7, 11) is 0. The van der Waals surface area contributed by atoms with Gasteiger partial charge < -0.3 is 23.7 Å². The lowest BCUT2D eigenvalue weighted by Gasteiger charge is -2.46. The highest BCUT2D eigenvalue weighted by atomic mass is 32.1. The van der Waals surface area contributed by atoms with Gasteiger partial charge in [-0.3, -0.25) is 0 Å². The lowest BCUT2D eigenvalue weighted by molar-refractivity contribution is -0.275. The first-order valence-electron chi connectivity index (χ1n) is 19.5. The van der Waals surface area contributed by atoms with Crippen LogP contribution in [0.15, 0.2) is 175 Å². The van der Waals surface area contributed by atoms with Gasteiger partial charge in [-0.15, -0.1) is 11.3 Å². The Morgan fingerprint density at radius 3 is 1.50 bits per heavy atom. The molecule has 1 aliphatic rings. The average molecular weight is 761 g/mol. The number of aryl methyl sites for hydroxylation is 2. The molecule has 5 atom stereocenters. The smallest absolute Gasteiger partial charge is 0.117 e. The molecule has 1 fully saturated rings. The van der Waals surface area contributed by atoms with Gasteiger partial charge in [-0.1, -0.05) is 158 Å². The van der Waals surface area contributed by atoms with Gasteiger partial charge >= 0.3 is 0 Å². The van der Waals surface area contributed by atoms with Crippen LogP contribution in [0.25, 0.3) is 10.1 Å². The molecule has 0 spiro atoms. The molecule has 0 bridgehead atoms. The third-order valence-corrected chi connectivity index (χ3v) is 11.4. The van der Waals surface area contributed by atoms with Crippen LogP contribution in [0.5, 0.6) is 0 Å². The SMILES string of the molecule is c1ccc(CCc2csc3ccc([C@@H]4O[C@H](COCc5ccccc5)[C@@H](OCc5ccccc5)[C@H](OCc5ccccc5)[C@H]4OCc4ccccc4)cc23)cc1. The molecule has 0 amide bonds. The molecular formula is C50H48O5S. The molecule has 1 saturated heterocycles. The quantitative estimate of drug-likeness (QED) is 0.0925. The van der Waals surface area contributed by atoms with Crippen LogP contribution in [-0.4, -0.2) is 31.0 Å². The topological polar surface area (TPSA) is 46.2 Å². The van der Waals surface area contributed by atoms with Crippen molar-refractivity contribution in [3.8, 4) is 0 Å². The van der Waals surface area contributed by atoms with Gasteiger partial charge in [-0.05, 0) is 74.7 Å². The first-order valence-corrected chi connectivity index (χ1v) is 20.4. The van der Waals surface area contributed by atoms with E-state index >= 15 is 0 Å². The lowest BCUT2D eigenvalue weighted by Crippen LogP contribution is -2.58. The fraction of sp³-hybridized carbons (Fsp3) is 0.240. The summed E-state index contributed by atoms with van der Waals surface area (Å²) in [5, 5.41) is 3.57. The van der Waals surface area contributed by atoms with Crippen molar-refractivity contribution in [2.75, 3.05) is 6.61 Å². The molecule has 0 unspecified atom stereocenters. The highest BCUT2D eigenvalue weighted by Gasteiger charge is 2.49. The largest absolute Gasteiger partial charge is 0.374 e. The minimum atomic E-state index is -0.492. The maximum Gasteiger partial charge on any atom is 0.117 e. The Bertz CT molecular complexity index is 2190. The Hall–Kier alpha value is -4.92. The van der Waals surface area contributed by atoms with Crippen LogP contribution >= 0.6 is 11.3 Å². The van der Waals surface area contributed by atoms with Crippen molar-refractivity contribution in [1.82, 2.24) is 0 Å². The average Bonchev–Trinajstić information content (AvgIpc) is 3.67. The molecule has 0 N–H and O–H groups in total. The summed E-state index contributed by atoms with van der Waals surface area (Å²) < 4.78 is 35.9. The molecule has 1 aliphatic heterocycles. The van der Waals surface area contributed by atoms with Crippen LogP contribution in [-0.2, 0) is 63.0 Å². The monoisotopic (exact) mass is 760 g/mol. The first kappa shape index (κ1) is 38.0. The number of rotatable bonds is 17. The van der Waals surface area contributed by atoms with E-state index < -0.39 is 30.5 Å². The number of ether oxygens (including phenoxy) is 5. The zero-order valence-electron chi connectivity index (χ0n) is 31.5. The molecule has 1 aromatic heterocycles.